The van der Waals surface area contributed by atoms with Crippen LogP contribution in [-0.4, -0.2) is 22.6 Å². The Bertz CT molecular complexity index is 607. The first-order chi connectivity index (χ1) is 9.63. The summed E-state index contributed by atoms with van der Waals surface area (Å²) in [7, 11) is 1.57. The van der Waals surface area contributed by atoms with Gasteiger partial charge in [-0.1, -0.05) is 6.92 Å². The zero-order valence-corrected chi connectivity index (χ0v) is 11.6. The van der Waals surface area contributed by atoms with E-state index in [2.05, 4.69) is 10.3 Å². The normalized spacial score (nSPS) is 10.3. The Balaban J connectivity index is 2.05. The van der Waals surface area contributed by atoms with Crippen molar-refractivity contribution in [1.82, 2.24) is 9.55 Å². The van der Waals surface area contributed by atoms with Gasteiger partial charge in [-0.2, -0.15) is 0 Å². The molecule has 1 aromatic heterocycles. The first-order valence-corrected chi connectivity index (χ1v) is 6.37. The molecule has 1 aromatic carbocycles. The number of carbonyl (C=O) groups is 1. The third-order valence-electron chi connectivity index (χ3n) is 2.96. The van der Waals surface area contributed by atoms with Crippen LogP contribution < -0.4 is 15.8 Å². The van der Waals surface area contributed by atoms with E-state index in [1.807, 2.05) is 11.5 Å². The topological polar surface area (TPSA) is 82.2 Å². The van der Waals surface area contributed by atoms with E-state index in [9.17, 15) is 4.79 Å². The van der Waals surface area contributed by atoms with Crippen LogP contribution in [0.2, 0.25) is 0 Å². The number of nitrogens with zero attached hydrogens (tertiary/aromatic N) is 2. The van der Waals surface area contributed by atoms with E-state index in [0.29, 0.717) is 17.1 Å². The number of nitrogen functional groups attached to an aromatic ring is 1. The van der Waals surface area contributed by atoms with Crippen LogP contribution in [0, 0.1) is 0 Å². The van der Waals surface area contributed by atoms with Crippen molar-refractivity contribution in [2.75, 3.05) is 18.2 Å². The molecular formula is C14H18N4O2. The van der Waals surface area contributed by atoms with Crippen LogP contribution >= 0.6 is 0 Å². The van der Waals surface area contributed by atoms with Gasteiger partial charge in [-0.3, -0.25) is 4.79 Å². The zero-order valence-electron chi connectivity index (χ0n) is 11.6. The summed E-state index contributed by atoms with van der Waals surface area (Å²) >= 11 is 0. The summed E-state index contributed by atoms with van der Waals surface area (Å²) in [4.78, 5) is 16.2. The maximum Gasteiger partial charge on any atom is 0.244 e. The molecular weight excluding hydrogens is 256 g/mol. The zero-order chi connectivity index (χ0) is 14.5. The van der Waals surface area contributed by atoms with Gasteiger partial charge in [0, 0.05) is 24.9 Å². The van der Waals surface area contributed by atoms with Gasteiger partial charge in [-0.15, -0.1) is 0 Å². The number of nitrogens with one attached hydrogen (secondary N) is 1. The van der Waals surface area contributed by atoms with Gasteiger partial charge < -0.3 is 20.4 Å². The Hall–Kier alpha value is -2.50. The van der Waals surface area contributed by atoms with Gasteiger partial charge in [0.05, 0.1) is 18.5 Å². The lowest BCUT2D eigenvalue weighted by Gasteiger charge is -2.11. The fourth-order valence-electron chi connectivity index (χ4n) is 1.92. The maximum absolute atomic E-state index is 12.0. The number of rotatable bonds is 5. The number of imidazole rings is 1. The molecule has 0 saturated carbocycles. The van der Waals surface area contributed by atoms with Crippen molar-refractivity contribution in [1.29, 1.82) is 0 Å². The van der Waals surface area contributed by atoms with Crippen LogP contribution in [0.15, 0.2) is 30.6 Å². The molecule has 0 unspecified atom stereocenters. The number of nitrogens with two attached hydrogens (primary N) is 1. The average molecular weight is 274 g/mol. The lowest BCUT2D eigenvalue weighted by molar-refractivity contribution is -0.116. The minimum Gasteiger partial charge on any atom is -0.497 e. The molecule has 1 amide bonds. The summed E-state index contributed by atoms with van der Waals surface area (Å²) in [5, 5.41) is 2.78. The van der Waals surface area contributed by atoms with Gasteiger partial charge in [-0.05, 0) is 12.1 Å². The van der Waals surface area contributed by atoms with Crippen molar-refractivity contribution in [2.24, 2.45) is 0 Å². The minimum absolute atomic E-state index is 0.144. The summed E-state index contributed by atoms with van der Waals surface area (Å²) in [5.74, 6) is 1.39. The van der Waals surface area contributed by atoms with E-state index in [1.165, 1.54) is 0 Å². The molecule has 20 heavy (non-hydrogen) atoms. The fraction of sp³-hybridized carbons (Fsp3) is 0.286. The van der Waals surface area contributed by atoms with Gasteiger partial charge >= 0.3 is 0 Å². The number of hydrogen-bond donors (Lipinski definition) is 2. The highest BCUT2D eigenvalue weighted by atomic mass is 16.5. The number of carbonyl (C=O) groups excluding carboxylic acids is 1. The molecule has 0 aliphatic carbocycles. The molecule has 6 nitrogen and oxygen atoms in total. The molecule has 2 rings (SSSR count). The van der Waals surface area contributed by atoms with Gasteiger partial charge in [0.1, 0.15) is 18.1 Å². The number of anilines is 2. The van der Waals surface area contributed by atoms with E-state index < -0.39 is 0 Å². The minimum atomic E-state index is -0.144. The van der Waals surface area contributed by atoms with Crippen LogP contribution in [0.1, 0.15) is 12.7 Å². The standard InChI is InChI=1S/C14H18N4O2/c1-3-13-16-6-7-18(13)9-14(19)17-12-5-4-10(20-2)8-11(12)15/h4-8H,3,9,15H2,1-2H3,(H,17,19). The lowest BCUT2D eigenvalue weighted by atomic mass is 10.2. The van der Waals surface area contributed by atoms with Crippen LogP contribution in [0.3, 0.4) is 0 Å². The predicted molar refractivity (Wildman–Crippen MR) is 77.6 cm³/mol. The second-order valence-corrected chi connectivity index (χ2v) is 4.33. The first-order valence-electron chi connectivity index (χ1n) is 6.37. The highest BCUT2D eigenvalue weighted by Crippen LogP contribution is 2.23. The lowest BCUT2D eigenvalue weighted by Crippen LogP contribution is -2.20. The van der Waals surface area contributed by atoms with E-state index in [4.69, 9.17) is 10.5 Å². The average Bonchev–Trinajstić information content (AvgIpc) is 2.88. The van der Waals surface area contributed by atoms with Gasteiger partial charge in [0.2, 0.25) is 5.91 Å². The van der Waals surface area contributed by atoms with Crippen molar-refractivity contribution in [3.8, 4) is 5.75 Å². The number of aromatic nitrogens is 2. The first kappa shape index (κ1) is 13.9. The van der Waals surface area contributed by atoms with Crippen LogP contribution in [0.25, 0.3) is 0 Å². The highest BCUT2D eigenvalue weighted by molar-refractivity contribution is 5.93. The van der Waals surface area contributed by atoms with Crippen molar-refractivity contribution >= 4 is 17.3 Å². The number of hydrogen-bond acceptors (Lipinski definition) is 4. The molecule has 0 radical (unpaired) electrons. The number of benzene rings is 1. The number of methoxy groups -OCH3 is 1. The monoisotopic (exact) mass is 274 g/mol. The third-order valence-corrected chi connectivity index (χ3v) is 2.96. The van der Waals surface area contributed by atoms with Gasteiger partial charge in [-0.25, -0.2) is 4.98 Å². The van der Waals surface area contributed by atoms with Gasteiger partial charge in [0.15, 0.2) is 0 Å². The molecule has 0 aliphatic rings. The van der Waals surface area contributed by atoms with Crippen LogP contribution in [0.4, 0.5) is 11.4 Å². The molecule has 0 saturated heterocycles. The number of aryl methyl sites for hydroxylation is 1. The van der Waals surface area contributed by atoms with E-state index >= 15 is 0 Å². The van der Waals surface area contributed by atoms with Crippen molar-refractivity contribution in [3.05, 3.63) is 36.4 Å². The molecule has 0 bridgehead atoms. The molecule has 0 fully saturated rings. The van der Waals surface area contributed by atoms with Crippen LogP contribution in [-0.2, 0) is 17.8 Å². The summed E-state index contributed by atoms with van der Waals surface area (Å²) in [5.41, 5.74) is 6.91. The van der Waals surface area contributed by atoms with Crippen molar-refractivity contribution in [3.63, 3.8) is 0 Å². The van der Waals surface area contributed by atoms with E-state index in [0.717, 1.165) is 12.2 Å². The summed E-state index contributed by atoms with van der Waals surface area (Å²) in [6.45, 7) is 2.22. The van der Waals surface area contributed by atoms with Crippen molar-refractivity contribution in [2.45, 2.75) is 19.9 Å². The molecule has 0 aliphatic heterocycles. The maximum atomic E-state index is 12.0. The molecule has 3 N–H and O–H groups in total. The Morgan fingerprint density at radius 3 is 2.95 bits per heavy atom. The SMILES string of the molecule is CCc1nccn1CC(=O)Nc1ccc(OC)cc1N. The Morgan fingerprint density at radius 2 is 2.30 bits per heavy atom. The molecule has 6 heteroatoms. The van der Waals surface area contributed by atoms with E-state index in [-0.39, 0.29) is 12.5 Å². The quantitative estimate of drug-likeness (QED) is 0.813. The molecule has 2 aromatic rings. The van der Waals surface area contributed by atoms with Crippen LogP contribution in [0.5, 0.6) is 5.75 Å². The molecule has 106 valence electrons. The summed E-state index contributed by atoms with van der Waals surface area (Å²) in [6, 6.07) is 5.14. The molecule has 0 spiro atoms. The molecule has 1 heterocycles. The number of amides is 1. The predicted octanol–water partition coefficient (Wildman–Crippen LogP) is 1.67. The Labute approximate surface area is 117 Å². The Morgan fingerprint density at radius 1 is 1.50 bits per heavy atom. The largest absolute Gasteiger partial charge is 0.497 e. The summed E-state index contributed by atoms with van der Waals surface area (Å²) < 4.78 is 6.88. The molecule has 0 atom stereocenters. The highest BCUT2D eigenvalue weighted by Gasteiger charge is 2.09. The summed E-state index contributed by atoms with van der Waals surface area (Å²) in [6.07, 6.45) is 4.26. The Kier molecular flexibility index (Phi) is 4.24. The second-order valence-electron chi connectivity index (χ2n) is 4.33. The van der Waals surface area contributed by atoms with Crippen molar-refractivity contribution < 1.29 is 9.53 Å². The fourth-order valence-corrected chi connectivity index (χ4v) is 1.92. The van der Waals surface area contributed by atoms with E-state index in [1.54, 1.807) is 37.7 Å². The smallest absolute Gasteiger partial charge is 0.244 e. The van der Waals surface area contributed by atoms with Gasteiger partial charge in [0.25, 0.3) is 0 Å². The third kappa shape index (κ3) is 3.09. The number of ether oxygens (including phenoxy) is 1. The second kappa shape index (κ2) is 6.10.